The minimum Gasteiger partial charge on any atom is -0.354 e. The summed E-state index contributed by atoms with van der Waals surface area (Å²) in [5.41, 5.74) is 1.69. The number of hydrogen-bond donors (Lipinski definition) is 1. The van der Waals surface area contributed by atoms with Crippen LogP contribution >= 0.6 is 0 Å². The zero-order chi connectivity index (χ0) is 14.0. The van der Waals surface area contributed by atoms with Gasteiger partial charge in [0, 0.05) is 31.6 Å². The van der Waals surface area contributed by atoms with Crippen molar-refractivity contribution in [2.24, 2.45) is 4.99 Å². The molecule has 1 aliphatic carbocycles. The third kappa shape index (κ3) is 2.54. The number of likely N-dealkylation sites (tertiary alicyclic amines) is 1. The Morgan fingerprint density at radius 1 is 1.30 bits per heavy atom. The fraction of sp³-hybridized carbons (Fsp3) is 0.588. The molecule has 1 aromatic rings. The molecule has 0 aromatic heterocycles. The van der Waals surface area contributed by atoms with Crippen molar-refractivity contribution < 1.29 is 0 Å². The first kappa shape index (κ1) is 13.5. The molecule has 1 atom stereocenters. The molecule has 3 nitrogen and oxygen atoms in total. The molecular formula is C17H25N3. The van der Waals surface area contributed by atoms with Crippen molar-refractivity contribution in [1.82, 2.24) is 10.2 Å². The van der Waals surface area contributed by atoms with Gasteiger partial charge in [-0.1, -0.05) is 37.3 Å². The van der Waals surface area contributed by atoms with Crippen LogP contribution in [-0.2, 0) is 5.41 Å². The average Bonchev–Trinajstić information content (AvgIpc) is 2.83. The van der Waals surface area contributed by atoms with Crippen molar-refractivity contribution in [3.8, 4) is 0 Å². The van der Waals surface area contributed by atoms with E-state index in [4.69, 9.17) is 0 Å². The summed E-state index contributed by atoms with van der Waals surface area (Å²) in [7, 11) is 1.90. The second-order valence-corrected chi connectivity index (χ2v) is 6.42. The molecule has 1 heterocycles. The first-order valence-electron chi connectivity index (χ1n) is 7.75. The lowest BCUT2D eigenvalue weighted by atomic mass is 9.82. The number of nitrogens with zero attached hydrogens (tertiary/aromatic N) is 2. The summed E-state index contributed by atoms with van der Waals surface area (Å²) in [6.45, 7) is 4.53. The lowest BCUT2D eigenvalue weighted by Crippen LogP contribution is -2.48. The van der Waals surface area contributed by atoms with Gasteiger partial charge in [-0.15, -0.1) is 0 Å². The Balaban J connectivity index is 1.69. The summed E-state index contributed by atoms with van der Waals surface area (Å²) in [4.78, 5) is 6.90. The van der Waals surface area contributed by atoms with Gasteiger partial charge in [0.25, 0.3) is 0 Å². The van der Waals surface area contributed by atoms with Crippen LogP contribution in [0.1, 0.15) is 38.2 Å². The van der Waals surface area contributed by atoms with Gasteiger partial charge in [-0.3, -0.25) is 4.99 Å². The summed E-state index contributed by atoms with van der Waals surface area (Å²) in [6, 6.07) is 11.5. The predicted molar refractivity (Wildman–Crippen MR) is 84.1 cm³/mol. The van der Waals surface area contributed by atoms with Gasteiger partial charge in [-0.05, 0) is 31.2 Å². The summed E-state index contributed by atoms with van der Waals surface area (Å²) < 4.78 is 0. The van der Waals surface area contributed by atoms with Crippen LogP contribution in [0.25, 0.3) is 0 Å². The maximum atomic E-state index is 4.48. The van der Waals surface area contributed by atoms with Gasteiger partial charge in [0.05, 0.1) is 0 Å². The monoisotopic (exact) mass is 271 g/mol. The molecule has 0 radical (unpaired) electrons. The Bertz CT molecular complexity index is 478. The number of guanidine groups is 1. The van der Waals surface area contributed by atoms with Crippen molar-refractivity contribution in [3.63, 3.8) is 0 Å². The first-order chi connectivity index (χ1) is 9.71. The molecule has 2 fully saturated rings. The van der Waals surface area contributed by atoms with Gasteiger partial charge in [0.15, 0.2) is 5.96 Å². The third-order valence-corrected chi connectivity index (χ3v) is 4.89. The first-order valence-corrected chi connectivity index (χ1v) is 7.75. The van der Waals surface area contributed by atoms with Gasteiger partial charge in [0.2, 0.25) is 0 Å². The van der Waals surface area contributed by atoms with E-state index >= 15 is 0 Å². The number of benzene rings is 1. The molecule has 1 saturated heterocycles. The molecule has 1 N–H and O–H groups in total. The highest BCUT2D eigenvalue weighted by molar-refractivity contribution is 5.80. The quantitative estimate of drug-likeness (QED) is 0.661. The Labute approximate surface area is 122 Å². The zero-order valence-electron chi connectivity index (χ0n) is 12.6. The van der Waals surface area contributed by atoms with Crippen LogP contribution in [0, 0.1) is 0 Å². The number of hydrogen-bond acceptors (Lipinski definition) is 1. The molecule has 1 unspecified atom stereocenters. The van der Waals surface area contributed by atoms with E-state index in [0.717, 1.165) is 19.0 Å². The molecule has 3 heteroatoms. The summed E-state index contributed by atoms with van der Waals surface area (Å²) >= 11 is 0. The van der Waals surface area contributed by atoms with Crippen molar-refractivity contribution in [1.29, 1.82) is 0 Å². The highest BCUT2D eigenvalue weighted by Gasteiger charge is 2.37. The minimum atomic E-state index is 0.249. The predicted octanol–water partition coefficient (Wildman–Crippen LogP) is 2.78. The summed E-state index contributed by atoms with van der Waals surface area (Å²) in [6.07, 6.45) is 5.14. The van der Waals surface area contributed by atoms with E-state index in [-0.39, 0.29) is 5.41 Å². The molecule has 1 saturated carbocycles. The molecule has 108 valence electrons. The smallest absolute Gasteiger partial charge is 0.193 e. The van der Waals surface area contributed by atoms with E-state index in [1.807, 2.05) is 7.05 Å². The lowest BCUT2D eigenvalue weighted by Gasteiger charge is -2.32. The van der Waals surface area contributed by atoms with E-state index in [2.05, 4.69) is 52.5 Å². The van der Waals surface area contributed by atoms with Crippen LogP contribution in [0.5, 0.6) is 0 Å². The van der Waals surface area contributed by atoms with E-state index in [1.165, 1.54) is 31.2 Å². The van der Waals surface area contributed by atoms with E-state index < -0.39 is 0 Å². The molecule has 1 aromatic carbocycles. The Kier molecular flexibility index (Phi) is 3.68. The lowest BCUT2D eigenvalue weighted by molar-refractivity contribution is 0.356. The molecular weight excluding hydrogens is 246 g/mol. The normalized spacial score (nSPS) is 27.5. The van der Waals surface area contributed by atoms with E-state index in [9.17, 15) is 0 Å². The zero-order valence-corrected chi connectivity index (χ0v) is 12.6. The number of rotatable bonds is 2. The van der Waals surface area contributed by atoms with Crippen LogP contribution in [0.15, 0.2) is 35.3 Å². The Morgan fingerprint density at radius 2 is 2.05 bits per heavy atom. The third-order valence-electron chi connectivity index (χ3n) is 4.89. The van der Waals surface area contributed by atoms with Gasteiger partial charge < -0.3 is 10.2 Å². The maximum absolute atomic E-state index is 4.48. The molecule has 0 bridgehead atoms. The average molecular weight is 271 g/mol. The topological polar surface area (TPSA) is 27.6 Å². The summed E-state index contributed by atoms with van der Waals surface area (Å²) in [5.74, 6) is 1.09. The van der Waals surface area contributed by atoms with Crippen molar-refractivity contribution in [2.75, 3.05) is 20.1 Å². The van der Waals surface area contributed by atoms with Crippen LogP contribution in [-0.4, -0.2) is 37.0 Å². The van der Waals surface area contributed by atoms with Gasteiger partial charge in [-0.2, -0.15) is 0 Å². The highest BCUT2D eigenvalue weighted by atomic mass is 15.3. The van der Waals surface area contributed by atoms with Gasteiger partial charge in [-0.25, -0.2) is 0 Å². The minimum absolute atomic E-state index is 0.249. The standard InChI is InChI=1S/C17H25N3/c1-17(14-7-4-3-5-8-14)11-12-20(13-17)16(18-2)19-15-9-6-10-15/h3-5,7-8,15H,6,9-13H2,1-2H3,(H,18,19). The van der Waals surface area contributed by atoms with Crippen molar-refractivity contribution in [3.05, 3.63) is 35.9 Å². The molecule has 3 rings (SSSR count). The molecule has 0 spiro atoms. The molecule has 20 heavy (non-hydrogen) atoms. The SMILES string of the molecule is CN=C(NC1CCC1)N1CCC(C)(c2ccccc2)C1. The summed E-state index contributed by atoms with van der Waals surface area (Å²) in [5, 5.41) is 3.61. The molecule has 0 amide bonds. The van der Waals surface area contributed by atoms with Crippen LogP contribution in [0.4, 0.5) is 0 Å². The largest absolute Gasteiger partial charge is 0.354 e. The van der Waals surface area contributed by atoms with E-state index in [0.29, 0.717) is 6.04 Å². The fourth-order valence-electron chi connectivity index (χ4n) is 3.25. The highest BCUT2D eigenvalue weighted by Crippen LogP contribution is 2.34. The molecule has 1 aliphatic heterocycles. The van der Waals surface area contributed by atoms with Crippen molar-refractivity contribution in [2.45, 2.75) is 44.1 Å². The van der Waals surface area contributed by atoms with Crippen LogP contribution in [0.3, 0.4) is 0 Å². The molecule has 2 aliphatic rings. The van der Waals surface area contributed by atoms with Gasteiger partial charge in [0.1, 0.15) is 0 Å². The second-order valence-electron chi connectivity index (χ2n) is 6.42. The fourth-order valence-corrected chi connectivity index (χ4v) is 3.25. The van der Waals surface area contributed by atoms with E-state index in [1.54, 1.807) is 0 Å². The maximum Gasteiger partial charge on any atom is 0.193 e. The number of aliphatic imine (C=N–C) groups is 1. The van der Waals surface area contributed by atoms with Gasteiger partial charge >= 0.3 is 0 Å². The van der Waals surface area contributed by atoms with Crippen LogP contribution in [0.2, 0.25) is 0 Å². The second kappa shape index (κ2) is 5.47. The number of nitrogens with one attached hydrogen (secondary N) is 1. The Hall–Kier alpha value is -1.51. The Morgan fingerprint density at radius 3 is 2.65 bits per heavy atom. The van der Waals surface area contributed by atoms with Crippen molar-refractivity contribution >= 4 is 5.96 Å². The van der Waals surface area contributed by atoms with Crippen LogP contribution < -0.4 is 5.32 Å².